The minimum absolute atomic E-state index is 0.166. The molecule has 1 N–H and O–H groups in total. The lowest BCUT2D eigenvalue weighted by Gasteiger charge is -2.40. The molecule has 0 aliphatic carbocycles. The van der Waals surface area contributed by atoms with Crippen LogP contribution >= 0.6 is 0 Å². The molecule has 1 aliphatic rings. The summed E-state index contributed by atoms with van der Waals surface area (Å²) in [5.74, 6) is 0. The van der Waals surface area contributed by atoms with Gasteiger partial charge < -0.3 is 5.21 Å². The normalized spacial score (nSPS) is 32.4. The van der Waals surface area contributed by atoms with E-state index in [1.54, 1.807) is 5.06 Å². The molecule has 0 bridgehead atoms. The van der Waals surface area contributed by atoms with Gasteiger partial charge in [0.25, 0.3) is 0 Å². The van der Waals surface area contributed by atoms with E-state index in [1.807, 2.05) is 0 Å². The van der Waals surface area contributed by atoms with Gasteiger partial charge in [-0.3, -0.25) is 4.90 Å². The third kappa shape index (κ3) is 1.23. The van der Waals surface area contributed by atoms with Crippen molar-refractivity contribution in [1.82, 2.24) is 9.96 Å². The summed E-state index contributed by atoms with van der Waals surface area (Å²) in [5, 5.41) is 11.9. The van der Waals surface area contributed by atoms with Crippen molar-refractivity contribution in [1.29, 1.82) is 0 Å². The van der Waals surface area contributed by atoms with Crippen LogP contribution in [0.4, 0.5) is 0 Å². The Kier molecular flexibility index (Phi) is 2.96. The fourth-order valence-electron chi connectivity index (χ4n) is 2.75. The van der Waals surface area contributed by atoms with E-state index >= 15 is 0 Å². The molecule has 14 heavy (non-hydrogen) atoms. The number of hydroxylamine groups is 2. The summed E-state index contributed by atoms with van der Waals surface area (Å²) in [5.41, 5.74) is -0.344. The van der Waals surface area contributed by atoms with Gasteiger partial charge in [0, 0.05) is 6.04 Å². The fraction of sp³-hybridized carbons (Fsp3) is 1.00. The van der Waals surface area contributed by atoms with Crippen molar-refractivity contribution in [3.63, 3.8) is 0 Å². The summed E-state index contributed by atoms with van der Waals surface area (Å²) in [6, 6.07) is 0.368. The number of hydrogen-bond donors (Lipinski definition) is 1. The molecule has 84 valence electrons. The maximum atomic E-state index is 10.3. The van der Waals surface area contributed by atoms with E-state index in [1.165, 1.54) is 0 Å². The van der Waals surface area contributed by atoms with Gasteiger partial charge >= 0.3 is 0 Å². The molecule has 0 saturated carbocycles. The van der Waals surface area contributed by atoms with Gasteiger partial charge in [0.05, 0.1) is 11.2 Å². The quantitative estimate of drug-likeness (QED) is 0.741. The summed E-state index contributed by atoms with van der Waals surface area (Å²) in [4.78, 5) is 2.30. The van der Waals surface area contributed by atoms with Gasteiger partial charge in [0.2, 0.25) is 0 Å². The monoisotopic (exact) mass is 200 g/mol. The molecule has 1 unspecified atom stereocenters. The molecule has 1 fully saturated rings. The lowest BCUT2D eigenvalue weighted by molar-refractivity contribution is -0.223. The number of hydrogen-bond acceptors (Lipinski definition) is 3. The first-order valence-electron chi connectivity index (χ1n) is 5.56. The van der Waals surface area contributed by atoms with E-state index < -0.39 is 0 Å². The SMILES string of the molecule is CCC1(CC)N(C)C(C)C(C)(C)N1O. The second kappa shape index (κ2) is 3.47. The van der Waals surface area contributed by atoms with Crippen molar-refractivity contribution < 1.29 is 5.21 Å². The van der Waals surface area contributed by atoms with Crippen LogP contribution in [0.25, 0.3) is 0 Å². The van der Waals surface area contributed by atoms with E-state index in [4.69, 9.17) is 0 Å². The van der Waals surface area contributed by atoms with E-state index in [0.717, 1.165) is 12.8 Å². The van der Waals surface area contributed by atoms with Crippen LogP contribution in [-0.2, 0) is 0 Å². The van der Waals surface area contributed by atoms with Crippen LogP contribution in [0.3, 0.4) is 0 Å². The van der Waals surface area contributed by atoms with E-state index in [2.05, 4.69) is 46.6 Å². The van der Waals surface area contributed by atoms with Crippen molar-refractivity contribution in [3.05, 3.63) is 0 Å². The Morgan fingerprint density at radius 3 is 1.79 bits per heavy atom. The van der Waals surface area contributed by atoms with Gasteiger partial charge in [0.15, 0.2) is 0 Å². The molecular weight excluding hydrogens is 176 g/mol. The third-order valence-electron chi connectivity index (χ3n) is 4.33. The topological polar surface area (TPSA) is 26.7 Å². The molecule has 0 spiro atoms. The molecule has 0 aromatic rings. The second-order valence-corrected chi connectivity index (χ2v) is 4.94. The summed E-state index contributed by atoms with van der Waals surface area (Å²) >= 11 is 0. The van der Waals surface area contributed by atoms with Gasteiger partial charge in [-0.15, -0.1) is 0 Å². The Balaban J connectivity index is 3.11. The molecule has 3 heteroatoms. The van der Waals surface area contributed by atoms with Crippen molar-refractivity contribution in [2.45, 2.75) is 64.7 Å². The lowest BCUT2D eigenvalue weighted by atomic mass is 9.97. The summed E-state index contributed by atoms with van der Waals surface area (Å²) < 4.78 is 0. The van der Waals surface area contributed by atoms with Crippen LogP contribution < -0.4 is 0 Å². The molecule has 0 aromatic heterocycles. The van der Waals surface area contributed by atoms with Crippen LogP contribution in [0, 0.1) is 0 Å². The fourth-order valence-corrected chi connectivity index (χ4v) is 2.75. The lowest BCUT2D eigenvalue weighted by Crippen LogP contribution is -2.53. The highest BCUT2D eigenvalue weighted by molar-refractivity contribution is 5.05. The maximum Gasteiger partial charge on any atom is 0.0977 e. The average Bonchev–Trinajstić information content (AvgIpc) is 2.29. The van der Waals surface area contributed by atoms with Gasteiger partial charge in [-0.05, 0) is 40.7 Å². The number of likely N-dealkylation sites (N-methyl/N-ethyl adjacent to an activating group) is 1. The molecule has 0 radical (unpaired) electrons. The first-order chi connectivity index (χ1) is 6.34. The zero-order valence-corrected chi connectivity index (χ0v) is 10.3. The second-order valence-electron chi connectivity index (χ2n) is 4.94. The van der Waals surface area contributed by atoms with Crippen LogP contribution in [0.2, 0.25) is 0 Å². The Morgan fingerprint density at radius 1 is 1.21 bits per heavy atom. The van der Waals surface area contributed by atoms with Crippen molar-refractivity contribution in [3.8, 4) is 0 Å². The van der Waals surface area contributed by atoms with Gasteiger partial charge in [0.1, 0.15) is 0 Å². The molecule has 1 aliphatic heterocycles. The molecule has 0 amide bonds. The number of nitrogens with zero attached hydrogens (tertiary/aromatic N) is 2. The highest BCUT2D eigenvalue weighted by atomic mass is 16.5. The van der Waals surface area contributed by atoms with E-state index in [0.29, 0.717) is 6.04 Å². The highest BCUT2D eigenvalue weighted by Gasteiger charge is 2.56. The Hall–Kier alpha value is -0.120. The molecule has 1 atom stereocenters. The van der Waals surface area contributed by atoms with Crippen LogP contribution in [0.1, 0.15) is 47.5 Å². The minimum Gasteiger partial charge on any atom is -0.312 e. The van der Waals surface area contributed by atoms with Crippen LogP contribution in [-0.4, -0.2) is 39.5 Å². The third-order valence-corrected chi connectivity index (χ3v) is 4.33. The van der Waals surface area contributed by atoms with Crippen LogP contribution in [0.5, 0.6) is 0 Å². The Bertz CT molecular complexity index is 211. The standard InChI is InChI=1S/C11H24N2O/c1-7-11(8-2)12(6)9(3)10(4,5)13(11)14/h9,14H,7-8H2,1-6H3. The molecule has 1 heterocycles. The zero-order chi connectivity index (χ0) is 11.1. The molecule has 3 nitrogen and oxygen atoms in total. The van der Waals surface area contributed by atoms with E-state index in [-0.39, 0.29) is 11.2 Å². The van der Waals surface area contributed by atoms with Gasteiger partial charge in [-0.1, -0.05) is 13.8 Å². The predicted octanol–water partition coefficient (Wildman–Crippen LogP) is 2.31. The summed E-state index contributed by atoms with van der Waals surface area (Å²) in [7, 11) is 2.11. The maximum absolute atomic E-state index is 10.3. The minimum atomic E-state index is -0.178. The molecular formula is C11H24N2O. The largest absolute Gasteiger partial charge is 0.312 e. The van der Waals surface area contributed by atoms with Crippen molar-refractivity contribution in [2.24, 2.45) is 0 Å². The van der Waals surface area contributed by atoms with Crippen molar-refractivity contribution >= 4 is 0 Å². The molecule has 1 rings (SSSR count). The Morgan fingerprint density at radius 2 is 1.64 bits per heavy atom. The Labute approximate surface area is 87.7 Å². The van der Waals surface area contributed by atoms with Crippen molar-refractivity contribution in [2.75, 3.05) is 7.05 Å². The highest BCUT2D eigenvalue weighted by Crippen LogP contribution is 2.43. The average molecular weight is 200 g/mol. The first-order valence-corrected chi connectivity index (χ1v) is 5.56. The smallest absolute Gasteiger partial charge is 0.0977 e. The summed E-state index contributed by atoms with van der Waals surface area (Å²) in [6.45, 7) is 10.6. The predicted molar refractivity (Wildman–Crippen MR) is 58.2 cm³/mol. The van der Waals surface area contributed by atoms with Gasteiger partial charge in [-0.2, -0.15) is 5.06 Å². The number of rotatable bonds is 2. The summed E-state index contributed by atoms with van der Waals surface area (Å²) in [6.07, 6.45) is 1.90. The zero-order valence-electron chi connectivity index (χ0n) is 10.3. The van der Waals surface area contributed by atoms with Crippen LogP contribution in [0.15, 0.2) is 0 Å². The molecule has 0 aromatic carbocycles. The molecule has 1 saturated heterocycles. The first kappa shape index (κ1) is 12.0. The van der Waals surface area contributed by atoms with Gasteiger partial charge in [-0.25, -0.2) is 0 Å². The van der Waals surface area contributed by atoms with E-state index in [9.17, 15) is 5.21 Å².